The lowest BCUT2D eigenvalue weighted by Crippen LogP contribution is -1.94. The molecule has 1 aromatic heterocycles. The minimum atomic E-state index is 0.580. The summed E-state index contributed by atoms with van der Waals surface area (Å²) in [6, 6.07) is 21.3. The van der Waals surface area contributed by atoms with E-state index in [2.05, 4.69) is 87.3 Å². The summed E-state index contributed by atoms with van der Waals surface area (Å²) in [5, 5.41) is 0. The number of hydrogen-bond acceptors (Lipinski definition) is 1. The predicted octanol–water partition coefficient (Wildman–Crippen LogP) is 6.81. The van der Waals surface area contributed by atoms with E-state index in [4.69, 9.17) is 7.85 Å². The fourth-order valence-electron chi connectivity index (χ4n) is 2.77. The van der Waals surface area contributed by atoms with E-state index in [1.54, 1.807) is 0 Å². The molecule has 0 atom stereocenters. The Kier molecular flexibility index (Phi) is 8.32. The molecule has 0 aliphatic carbocycles. The van der Waals surface area contributed by atoms with Crippen LogP contribution in [0.15, 0.2) is 73.1 Å². The molecule has 0 aliphatic heterocycles. The molecule has 0 aliphatic rings. The SMILES string of the molecule is CC(C)c1cncc(C(C)C)c1.[B]CCc1ccc(-c2ccccc2)cc1. The molecule has 1 heterocycles. The molecule has 3 aromatic rings. The highest BCUT2D eigenvalue weighted by atomic mass is 14.6. The summed E-state index contributed by atoms with van der Waals surface area (Å²) >= 11 is 0. The first-order valence-corrected chi connectivity index (χ1v) is 9.80. The van der Waals surface area contributed by atoms with Gasteiger partial charge >= 0.3 is 0 Å². The van der Waals surface area contributed by atoms with Gasteiger partial charge in [-0.1, -0.05) is 94.7 Å². The van der Waals surface area contributed by atoms with Crippen LogP contribution in [0.3, 0.4) is 0 Å². The number of pyridine rings is 1. The highest BCUT2D eigenvalue weighted by Crippen LogP contribution is 2.20. The van der Waals surface area contributed by atoms with Crippen molar-refractivity contribution in [3.05, 3.63) is 89.7 Å². The van der Waals surface area contributed by atoms with Gasteiger partial charge in [0.25, 0.3) is 0 Å². The van der Waals surface area contributed by atoms with Gasteiger partial charge in [0, 0.05) is 12.4 Å². The number of hydrogen-bond donors (Lipinski definition) is 0. The van der Waals surface area contributed by atoms with Crippen LogP contribution >= 0.6 is 0 Å². The maximum absolute atomic E-state index is 5.51. The van der Waals surface area contributed by atoms with E-state index in [0.29, 0.717) is 18.2 Å². The molecular weight excluding hydrogens is 325 g/mol. The quantitative estimate of drug-likeness (QED) is 0.458. The predicted molar refractivity (Wildman–Crippen MR) is 119 cm³/mol. The monoisotopic (exact) mass is 355 g/mol. The first kappa shape index (κ1) is 21.0. The second-order valence-electron chi connectivity index (χ2n) is 7.46. The Morgan fingerprint density at radius 1 is 0.741 bits per heavy atom. The van der Waals surface area contributed by atoms with E-state index in [0.717, 1.165) is 6.42 Å². The molecular formula is C25H30BN. The van der Waals surface area contributed by atoms with Crippen molar-refractivity contribution in [1.82, 2.24) is 4.98 Å². The zero-order chi connectivity index (χ0) is 19.6. The Morgan fingerprint density at radius 2 is 1.26 bits per heavy atom. The average Bonchev–Trinajstić information content (AvgIpc) is 2.70. The van der Waals surface area contributed by atoms with Crippen molar-refractivity contribution in [2.75, 3.05) is 0 Å². The van der Waals surface area contributed by atoms with Crippen LogP contribution in [-0.2, 0) is 6.42 Å². The summed E-state index contributed by atoms with van der Waals surface area (Å²) in [7, 11) is 5.51. The first-order valence-electron chi connectivity index (χ1n) is 9.80. The number of rotatable bonds is 5. The van der Waals surface area contributed by atoms with E-state index in [-0.39, 0.29) is 0 Å². The lowest BCUT2D eigenvalue weighted by molar-refractivity contribution is 0.820. The number of aryl methyl sites for hydroxylation is 1. The highest BCUT2D eigenvalue weighted by molar-refractivity contribution is 6.08. The van der Waals surface area contributed by atoms with Crippen LogP contribution in [0.25, 0.3) is 11.1 Å². The zero-order valence-electron chi connectivity index (χ0n) is 17.0. The van der Waals surface area contributed by atoms with E-state index in [1.165, 1.54) is 27.8 Å². The van der Waals surface area contributed by atoms with Gasteiger partial charge in [-0.25, -0.2) is 0 Å². The fourth-order valence-corrected chi connectivity index (χ4v) is 2.77. The Balaban J connectivity index is 0.000000199. The van der Waals surface area contributed by atoms with Crippen molar-refractivity contribution >= 4 is 7.85 Å². The molecule has 0 bridgehead atoms. The molecule has 3 rings (SSSR count). The molecule has 0 saturated carbocycles. The lowest BCUT2D eigenvalue weighted by Gasteiger charge is -2.09. The van der Waals surface area contributed by atoms with Gasteiger partial charge < -0.3 is 0 Å². The van der Waals surface area contributed by atoms with Crippen molar-refractivity contribution < 1.29 is 0 Å². The molecule has 2 aromatic carbocycles. The Hall–Kier alpha value is -2.35. The second kappa shape index (κ2) is 10.7. The fraction of sp³-hybridized carbons (Fsp3) is 0.320. The molecule has 0 spiro atoms. The third kappa shape index (κ3) is 6.71. The summed E-state index contributed by atoms with van der Waals surface area (Å²) in [5.74, 6) is 1.16. The molecule has 0 saturated heterocycles. The molecule has 0 fully saturated rings. The van der Waals surface area contributed by atoms with E-state index < -0.39 is 0 Å². The van der Waals surface area contributed by atoms with Gasteiger partial charge in [0.15, 0.2) is 0 Å². The van der Waals surface area contributed by atoms with Crippen LogP contribution in [-0.4, -0.2) is 12.8 Å². The largest absolute Gasteiger partial charge is 0.264 e. The van der Waals surface area contributed by atoms with Crippen LogP contribution < -0.4 is 0 Å². The van der Waals surface area contributed by atoms with Gasteiger partial charge in [-0.3, -0.25) is 4.98 Å². The third-order valence-electron chi connectivity index (χ3n) is 4.61. The molecule has 2 heteroatoms. The molecule has 27 heavy (non-hydrogen) atoms. The van der Waals surface area contributed by atoms with Crippen LogP contribution in [0.2, 0.25) is 6.32 Å². The normalized spacial score (nSPS) is 10.6. The standard InChI is InChI=1S/C14H13B.C11H17N/c15-11-10-12-6-8-14(9-7-12)13-4-2-1-3-5-13;1-8(2)10-5-11(9(3)4)7-12-6-10/h1-9H,10-11H2;5-9H,1-4H3. The second-order valence-corrected chi connectivity index (χ2v) is 7.46. The van der Waals surface area contributed by atoms with Gasteiger partial charge in [0.1, 0.15) is 0 Å². The number of benzene rings is 2. The van der Waals surface area contributed by atoms with Crippen molar-refractivity contribution in [3.63, 3.8) is 0 Å². The smallest absolute Gasteiger partial charge is 0.0657 e. The van der Waals surface area contributed by atoms with Crippen LogP contribution in [0, 0.1) is 0 Å². The minimum absolute atomic E-state index is 0.580. The van der Waals surface area contributed by atoms with Crippen LogP contribution in [0.1, 0.15) is 56.2 Å². The summed E-state index contributed by atoms with van der Waals surface area (Å²) in [6.45, 7) is 8.78. The minimum Gasteiger partial charge on any atom is -0.264 e. The van der Waals surface area contributed by atoms with Crippen molar-refractivity contribution in [2.45, 2.75) is 52.3 Å². The maximum Gasteiger partial charge on any atom is 0.0657 e. The molecule has 0 unspecified atom stereocenters. The summed E-state index contributed by atoms with van der Waals surface area (Å²) in [5.41, 5.74) is 6.49. The van der Waals surface area contributed by atoms with Crippen molar-refractivity contribution in [1.29, 1.82) is 0 Å². The third-order valence-corrected chi connectivity index (χ3v) is 4.61. The summed E-state index contributed by atoms with van der Waals surface area (Å²) in [6.07, 6.45) is 5.58. The first-order chi connectivity index (χ1) is 13.0. The van der Waals surface area contributed by atoms with Crippen LogP contribution in [0.4, 0.5) is 0 Å². The van der Waals surface area contributed by atoms with E-state index >= 15 is 0 Å². The zero-order valence-corrected chi connectivity index (χ0v) is 17.0. The number of aromatic nitrogens is 1. The van der Waals surface area contributed by atoms with Gasteiger partial charge in [0.05, 0.1) is 7.85 Å². The van der Waals surface area contributed by atoms with E-state index in [9.17, 15) is 0 Å². The average molecular weight is 355 g/mol. The van der Waals surface area contributed by atoms with E-state index in [1.807, 2.05) is 18.5 Å². The lowest BCUT2D eigenvalue weighted by atomic mass is 9.96. The Bertz CT molecular complexity index is 769. The summed E-state index contributed by atoms with van der Waals surface area (Å²) in [4.78, 5) is 4.23. The van der Waals surface area contributed by atoms with Crippen molar-refractivity contribution in [3.8, 4) is 11.1 Å². The molecule has 0 N–H and O–H groups in total. The molecule has 1 nitrogen and oxygen atoms in total. The Morgan fingerprint density at radius 3 is 1.74 bits per heavy atom. The molecule has 138 valence electrons. The molecule has 2 radical (unpaired) electrons. The topological polar surface area (TPSA) is 12.9 Å². The Labute approximate surface area is 166 Å². The summed E-state index contributed by atoms with van der Waals surface area (Å²) < 4.78 is 0. The maximum atomic E-state index is 5.51. The number of nitrogens with zero attached hydrogens (tertiary/aromatic N) is 1. The van der Waals surface area contributed by atoms with Crippen molar-refractivity contribution in [2.24, 2.45) is 0 Å². The van der Waals surface area contributed by atoms with Gasteiger partial charge in [0.2, 0.25) is 0 Å². The van der Waals surface area contributed by atoms with Gasteiger partial charge in [-0.2, -0.15) is 0 Å². The van der Waals surface area contributed by atoms with Gasteiger partial charge in [-0.15, -0.1) is 0 Å². The van der Waals surface area contributed by atoms with Crippen LogP contribution in [0.5, 0.6) is 0 Å². The molecule has 0 amide bonds. The highest BCUT2D eigenvalue weighted by Gasteiger charge is 2.03. The van der Waals surface area contributed by atoms with Gasteiger partial charge in [-0.05, 0) is 46.1 Å².